The largest absolute Gasteiger partial charge is 0.378 e. The molecule has 0 aromatic carbocycles. The highest BCUT2D eigenvalue weighted by molar-refractivity contribution is 6.33. The van der Waals surface area contributed by atoms with Crippen LogP contribution in [0.3, 0.4) is 0 Å². The van der Waals surface area contributed by atoms with E-state index < -0.39 is 0 Å². The molecule has 4 rings (SSSR count). The number of anilines is 1. The topological polar surface area (TPSA) is 95.8 Å². The number of nitrogens with zero attached hydrogens (tertiary/aromatic N) is 4. The van der Waals surface area contributed by atoms with Gasteiger partial charge in [-0.1, -0.05) is 11.6 Å². The third kappa shape index (κ3) is 6.72. The maximum absolute atomic E-state index is 6.20. The van der Waals surface area contributed by atoms with Gasteiger partial charge in [-0.25, -0.2) is 20.0 Å². The van der Waals surface area contributed by atoms with E-state index in [4.69, 9.17) is 16.3 Å². The molecule has 1 aliphatic heterocycles. The molecule has 1 saturated heterocycles. The molecule has 2 aliphatic rings. The second kappa shape index (κ2) is 11.5. The number of pyridine rings is 2. The van der Waals surface area contributed by atoms with Gasteiger partial charge in [0, 0.05) is 36.9 Å². The molecule has 0 radical (unpaired) electrons. The number of rotatable bonds is 8. The Balaban J connectivity index is 1.21. The standard InChI is InChI=1S/C24H32ClN7O/c1-16(11-28-20-14-33-15-20)12-29-24(26-2)30-13-17-3-6-19(7-4-17)31-21-8-5-18-9-10-27-23(25)22(18)32-21/h5,8-10,12,17,19-20,28H,2-4,6-7,11,13-15H2,1H3,(H,29,30)(H,31,32)/b16-12+/t17-,19-. The molecule has 1 saturated carbocycles. The van der Waals surface area contributed by atoms with Crippen molar-refractivity contribution in [1.29, 1.82) is 0 Å². The van der Waals surface area contributed by atoms with Gasteiger partial charge in [-0.3, -0.25) is 0 Å². The van der Waals surface area contributed by atoms with Crippen molar-refractivity contribution in [2.75, 3.05) is 31.6 Å². The number of nitrogens with one attached hydrogen (secondary N) is 3. The van der Waals surface area contributed by atoms with E-state index in [1.165, 1.54) is 0 Å². The second-order valence-corrected chi connectivity index (χ2v) is 9.17. The summed E-state index contributed by atoms with van der Waals surface area (Å²) < 4.78 is 5.17. The van der Waals surface area contributed by atoms with Crippen LogP contribution < -0.4 is 16.0 Å². The molecule has 0 spiro atoms. The molecule has 33 heavy (non-hydrogen) atoms. The van der Waals surface area contributed by atoms with E-state index in [-0.39, 0.29) is 0 Å². The number of hydrogen-bond donors (Lipinski definition) is 3. The van der Waals surface area contributed by atoms with Crippen LogP contribution in [0, 0.1) is 5.92 Å². The molecule has 3 N–H and O–H groups in total. The molecule has 3 heterocycles. The van der Waals surface area contributed by atoms with Gasteiger partial charge < -0.3 is 20.7 Å². The third-order valence-corrected chi connectivity index (χ3v) is 6.45. The molecule has 0 atom stereocenters. The molecule has 2 fully saturated rings. The Hall–Kier alpha value is -2.55. The van der Waals surface area contributed by atoms with E-state index in [0.717, 1.165) is 74.3 Å². The van der Waals surface area contributed by atoms with Crippen LogP contribution in [0.5, 0.6) is 0 Å². The van der Waals surface area contributed by atoms with Crippen molar-refractivity contribution in [3.63, 3.8) is 0 Å². The molecule has 9 heteroatoms. The number of halogens is 1. The third-order valence-electron chi connectivity index (χ3n) is 6.18. The summed E-state index contributed by atoms with van der Waals surface area (Å²) in [6.45, 7) is 8.94. The first-order chi connectivity index (χ1) is 16.1. The van der Waals surface area contributed by atoms with Crippen LogP contribution in [-0.2, 0) is 4.74 Å². The summed E-state index contributed by atoms with van der Waals surface area (Å²) >= 11 is 6.20. The molecule has 8 nitrogen and oxygen atoms in total. The van der Waals surface area contributed by atoms with Crippen molar-refractivity contribution >= 4 is 41.0 Å². The number of guanidine groups is 1. The minimum Gasteiger partial charge on any atom is -0.378 e. The molecule has 0 amide bonds. The Morgan fingerprint density at radius 3 is 2.76 bits per heavy atom. The molecular weight excluding hydrogens is 438 g/mol. The van der Waals surface area contributed by atoms with E-state index in [9.17, 15) is 0 Å². The van der Waals surface area contributed by atoms with Crippen LogP contribution >= 0.6 is 11.6 Å². The number of fused-ring (bicyclic) bond motifs is 1. The van der Waals surface area contributed by atoms with Crippen LogP contribution in [0.1, 0.15) is 32.6 Å². The summed E-state index contributed by atoms with van der Waals surface area (Å²) in [5.41, 5.74) is 1.89. The number of ether oxygens (including phenoxy) is 1. The van der Waals surface area contributed by atoms with Crippen molar-refractivity contribution in [1.82, 2.24) is 20.6 Å². The van der Waals surface area contributed by atoms with E-state index in [2.05, 4.69) is 49.5 Å². The van der Waals surface area contributed by atoms with Crippen LogP contribution in [0.2, 0.25) is 5.15 Å². The first kappa shape index (κ1) is 23.6. The Kier molecular flexibility index (Phi) is 8.25. The van der Waals surface area contributed by atoms with Gasteiger partial charge in [-0.15, -0.1) is 0 Å². The van der Waals surface area contributed by atoms with Crippen molar-refractivity contribution in [2.24, 2.45) is 15.9 Å². The second-order valence-electron chi connectivity index (χ2n) is 8.81. The zero-order valence-corrected chi connectivity index (χ0v) is 19.8. The predicted octanol–water partition coefficient (Wildman–Crippen LogP) is 3.79. The van der Waals surface area contributed by atoms with E-state index >= 15 is 0 Å². The summed E-state index contributed by atoms with van der Waals surface area (Å²) in [4.78, 5) is 17.3. The first-order valence-corrected chi connectivity index (χ1v) is 11.9. The lowest BCUT2D eigenvalue weighted by Crippen LogP contribution is -2.46. The van der Waals surface area contributed by atoms with E-state index in [1.807, 2.05) is 24.4 Å². The Bertz CT molecular complexity index is 1010. The summed E-state index contributed by atoms with van der Waals surface area (Å²) in [5.74, 6) is 2.02. The number of hydrogen-bond acceptors (Lipinski definition) is 6. The number of aromatic nitrogens is 2. The minimum atomic E-state index is 0.409. The van der Waals surface area contributed by atoms with Crippen molar-refractivity contribution in [2.45, 2.75) is 44.7 Å². The average Bonchev–Trinajstić information content (AvgIpc) is 2.80. The molecule has 2 aromatic heterocycles. The predicted molar refractivity (Wildman–Crippen MR) is 135 cm³/mol. The highest BCUT2D eigenvalue weighted by Crippen LogP contribution is 2.27. The molecule has 2 aromatic rings. The highest BCUT2D eigenvalue weighted by Gasteiger charge is 2.22. The quantitative estimate of drug-likeness (QED) is 0.309. The monoisotopic (exact) mass is 469 g/mol. The molecule has 1 aliphatic carbocycles. The molecular formula is C24H32ClN7O. The zero-order valence-electron chi connectivity index (χ0n) is 19.1. The molecule has 0 bridgehead atoms. The van der Waals surface area contributed by atoms with Gasteiger partial charge in [0.1, 0.15) is 11.3 Å². The Labute approximate surface area is 200 Å². The lowest BCUT2D eigenvalue weighted by molar-refractivity contribution is -0.00373. The zero-order chi connectivity index (χ0) is 23.0. The smallest absolute Gasteiger partial charge is 0.221 e. The maximum atomic E-state index is 6.20. The summed E-state index contributed by atoms with van der Waals surface area (Å²) in [6.07, 6.45) is 8.00. The first-order valence-electron chi connectivity index (χ1n) is 11.5. The Morgan fingerprint density at radius 2 is 2.03 bits per heavy atom. The van der Waals surface area contributed by atoms with Crippen LogP contribution in [0.4, 0.5) is 5.82 Å². The Morgan fingerprint density at radius 1 is 1.21 bits per heavy atom. The summed E-state index contributed by atoms with van der Waals surface area (Å²) in [5, 5.41) is 11.8. The fraction of sp³-hybridized carbons (Fsp3) is 0.500. The SMILES string of the molecule is C=N/C(=N\C=C(/C)CNC1COC1)NC[C@H]1CC[C@H](Nc2ccc3ccnc(Cl)c3n2)CC1. The number of aliphatic imine (C=N–C) groups is 2. The fourth-order valence-corrected chi connectivity index (χ4v) is 4.28. The lowest BCUT2D eigenvalue weighted by atomic mass is 9.86. The van der Waals surface area contributed by atoms with E-state index in [1.54, 1.807) is 6.20 Å². The summed E-state index contributed by atoms with van der Waals surface area (Å²) in [6, 6.07) is 6.83. The van der Waals surface area contributed by atoms with Crippen LogP contribution in [0.25, 0.3) is 10.9 Å². The molecule has 176 valence electrons. The van der Waals surface area contributed by atoms with Crippen molar-refractivity contribution in [3.8, 4) is 0 Å². The van der Waals surface area contributed by atoms with Crippen molar-refractivity contribution in [3.05, 3.63) is 41.3 Å². The lowest BCUT2D eigenvalue weighted by Gasteiger charge is -2.29. The van der Waals surface area contributed by atoms with Crippen LogP contribution in [0.15, 0.2) is 46.2 Å². The van der Waals surface area contributed by atoms with Gasteiger partial charge in [0.05, 0.1) is 19.3 Å². The summed E-state index contributed by atoms with van der Waals surface area (Å²) in [7, 11) is 0. The van der Waals surface area contributed by atoms with Gasteiger partial charge in [0.2, 0.25) is 5.96 Å². The van der Waals surface area contributed by atoms with E-state index in [0.29, 0.717) is 29.1 Å². The highest BCUT2D eigenvalue weighted by atomic mass is 35.5. The van der Waals surface area contributed by atoms with Gasteiger partial charge >= 0.3 is 0 Å². The minimum absolute atomic E-state index is 0.409. The van der Waals surface area contributed by atoms with Crippen LogP contribution in [-0.4, -0.2) is 61.0 Å². The normalized spacial score (nSPS) is 22.1. The fourth-order valence-electron chi connectivity index (χ4n) is 4.07. The van der Waals surface area contributed by atoms with Gasteiger partial charge in [0.15, 0.2) is 5.15 Å². The van der Waals surface area contributed by atoms with Crippen molar-refractivity contribution < 1.29 is 4.74 Å². The van der Waals surface area contributed by atoms with Gasteiger partial charge in [-0.2, -0.15) is 0 Å². The maximum Gasteiger partial charge on any atom is 0.221 e. The average molecular weight is 470 g/mol. The molecule has 0 unspecified atom stereocenters. The van der Waals surface area contributed by atoms with Gasteiger partial charge in [-0.05, 0) is 69.0 Å². The van der Waals surface area contributed by atoms with Gasteiger partial charge in [0.25, 0.3) is 0 Å².